The first-order valence-corrected chi connectivity index (χ1v) is 6.12. The van der Waals surface area contributed by atoms with E-state index in [-0.39, 0.29) is 12.3 Å². The number of carboxylic acid groups (broad SMARTS) is 1. The van der Waals surface area contributed by atoms with Crippen LogP contribution >= 0.6 is 0 Å². The SMILES string of the molecule is Cc1cccc(CN2CCC(C(=O)O)CC2=O)c1. The zero-order valence-corrected chi connectivity index (χ0v) is 10.4. The molecule has 1 N–H and O–H groups in total. The number of amides is 1. The summed E-state index contributed by atoms with van der Waals surface area (Å²) in [6.45, 7) is 3.12. The van der Waals surface area contributed by atoms with Crippen molar-refractivity contribution in [1.29, 1.82) is 0 Å². The number of nitrogens with zero attached hydrogens (tertiary/aromatic N) is 1. The molecule has 4 nitrogen and oxygen atoms in total. The molecule has 1 aliphatic rings. The van der Waals surface area contributed by atoms with Crippen LogP contribution in [0.15, 0.2) is 24.3 Å². The van der Waals surface area contributed by atoms with Gasteiger partial charge in [0.15, 0.2) is 0 Å². The van der Waals surface area contributed by atoms with Crippen molar-refractivity contribution < 1.29 is 14.7 Å². The first kappa shape index (κ1) is 12.6. The molecule has 2 rings (SSSR count). The minimum atomic E-state index is -0.862. The maximum absolute atomic E-state index is 11.9. The van der Waals surface area contributed by atoms with Gasteiger partial charge in [0.05, 0.1) is 5.92 Å². The first-order valence-electron chi connectivity index (χ1n) is 6.12. The number of benzene rings is 1. The van der Waals surface area contributed by atoms with E-state index < -0.39 is 11.9 Å². The van der Waals surface area contributed by atoms with Gasteiger partial charge in [0.1, 0.15) is 0 Å². The van der Waals surface area contributed by atoms with Gasteiger partial charge in [-0.25, -0.2) is 0 Å². The molecule has 1 aromatic rings. The van der Waals surface area contributed by atoms with E-state index in [1.54, 1.807) is 4.90 Å². The van der Waals surface area contributed by atoms with Crippen molar-refractivity contribution in [3.05, 3.63) is 35.4 Å². The van der Waals surface area contributed by atoms with E-state index in [2.05, 4.69) is 6.07 Å². The summed E-state index contributed by atoms with van der Waals surface area (Å²) in [4.78, 5) is 24.4. The quantitative estimate of drug-likeness (QED) is 0.886. The molecule has 1 unspecified atom stereocenters. The summed E-state index contributed by atoms with van der Waals surface area (Å²) >= 11 is 0. The number of hydrogen-bond acceptors (Lipinski definition) is 2. The summed E-state index contributed by atoms with van der Waals surface area (Å²) in [6, 6.07) is 8.03. The van der Waals surface area contributed by atoms with Crippen molar-refractivity contribution in [2.75, 3.05) is 6.54 Å². The van der Waals surface area contributed by atoms with Crippen molar-refractivity contribution in [2.24, 2.45) is 5.92 Å². The molecule has 1 atom stereocenters. The summed E-state index contributed by atoms with van der Waals surface area (Å²) in [5, 5.41) is 8.90. The molecule has 4 heteroatoms. The predicted molar refractivity (Wildman–Crippen MR) is 67.0 cm³/mol. The van der Waals surface area contributed by atoms with Crippen molar-refractivity contribution in [3.8, 4) is 0 Å². The summed E-state index contributed by atoms with van der Waals surface area (Å²) in [6.07, 6.45) is 0.675. The maximum atomic E-state index is 11.9. The molecule has 1 amide bonds. The number of hydrogen-bond donors (Lipinski definition) is 1. The lowest BCUT2D eigenvalue weighted by molar-refractivity contribution is -0.149. The van der Waals surface area contributed by atoms with Gasteiger partial charge in [-0.1, -0.05) is 29.8 Å². The summed E-state index contributed by atoms with van der Waals surface area (Å²) in [5.74, 6) is -1.43. The standard InChI is InChI=1S/C14H17NO3/c1-10-3-2-4-11(7-10)9-15-6-5-12(14(17)18)8-13(15)16/h2-4,7,12H,5-6,8-9H2,1H3,(H,17,18). The number of carbonyl (C=O) groups is 2. The third kappa shape index (κ3) is 2.88. The van der Waals surface area contributed by atoms with Crippen LogP contribution in [0.3, 0.4) is 0 Å². The molecule has 0 bridgehead atoms. The van der Waals surface area contributed by atoms with E-state index in [1.165, 1.54) is 5.56 Å². The topological polar surface area (TPSA) is 57.6 Å². The molecule has 1 heterocycles. The Morgan fingerprint density at radius 2 is 2.28 bits per heavy atom. The molecule has 1 fully saturated rings. The fourth-order valence-electron chi connectivity index (χ4n) is 2.29. The molecule has 0 aromatic heterocycles. The van der Waals surface area contributed by atoms with Gasteiger partial charge in [0.2, 0.25) is 5.91 Å². The largest absolute Gasteiger partial charge is 0.481 e. The zero-order chi connectivity index (χ0) is 13.1. The van der Waals surface area contributed by atoms with Crippen LogP contribution in [-0.4, -0.2) is 28.4 Å². The average Bonchev–Trinajstić information content (AvgIpc) is 2.31. The van der Waals surface area contributed by atoms with Gasteiger partial charge in [0, 0.05) is 19.5 Å². The van der Waals surface area contributed by atoms with Crippen LogP contribution in [0.5, 0.6) is 0 Å². The number of aryl methyl sites for hydroxylation is 1. The predicted octanol–water partition coefficient (Wildman–Crippen LogP) is 1.82. The highest BCUT2D eigenvalue weighted by Gasteiger charge is 2.29. The summed E-state index contributed by atoms with van der Waals surface area (Å²) < 4.78 is 0. The number of rotatable bonds is 3. The Morgan fingerprint density at radius 3 is 2.89 bits per heavy atom. The highest BCUT2D eigenvalue weighted by molar-refractivity contribution is 5.83. The Kier molecular flexibility index (Phi) is 3.65. The Hall–Kier alpha value is -1.84. The molecule has 1 aliphatic heterocycles. The fourth-order valence-corrected chi connectivity index (χ4v) is 2.29. The molecule has 0 aliphatic carbocycles. The van der Waals surface area contributed by atoms with Gasteiger partial charge in [-0.2, -0.15) is 0 Å². The minimum absolute atomic E-state index is 0.0600. The number of carbonyl (C=O) groups excluding carboxylic acids is 1. The second-order valence-electron chi connectivity index (χ2n) is 4.83. The molecular formula is C14H17NO3. The lowest BCUT2D eigenvalue weighted by Gasteiger charge is -2.30. The normalized spacial score (nSPS) is 19.9. The molecule has 1 aromatic carbocycles. The molecule has 18 heavy (non-hydrogen) atoms. The van der Waals surface area contributed by atoms with Crippen molar-refractivity contribution >= 4 is 11.9 Å². The smallest absolute Gasteiger partial charge is 0.307 e. The monoisotopic (exact) mass is 247 g/mol. The van der Waals surface area contributed by atoms with Crippen LogP contribution in [0.25, 0.3) is 0 Å². The lowest BCUT2D eigenvalue weighted by atomic mass is 9.96. The number of likely N-dealkylation sites (tertiary alicyclic amines) is 1. The van der Waals surface area contributed by atoms with Crippen LogP contribution in [0.2, 0.25) is 0 Å². The number of carboxylic acids is 1. The van der Waals surface area contributed by atoms with Gasteiger partial charge in [-0.15, -0.1) is 0 Å². The number of piperidine rings is 1. The second-order valence-corrected chi connectivity index (χ2v) is 4.83. The van der Waals surface area contributed by atoms with Crippen LogP contribution in [-0.2, 0) is 16.1 Å². The van der Waals surface area contributed by atoms with E-state index in [0.717, 1.165) is 5.56 Å². The lowest BCUT2D eigenvalue weighted by Crippen LogP contribution is -2.40. The maximum Gasteiger partial charge on any atom is 0.307 e. The number of aliphatic carboxylic acids is 1. The van der Waals surface area contributed by atoms with E-state index in [4.69, 9.17) is 5.11 Å². The molecular weight excluding hydrogens is 230 g/mol. The third-order valence-electron chi connectivity index (χ3n) is 3.33. The zero-order valence-electron chi connectivity index (χ0n) is 10.4. The molecule has 0 saturated carbocycles. The van der Waals surface area contributed by atoms with Gasteiger partial charge >= 0.3 is 5.97 Å². The first-order chi connectivity index (χ1) is 8.56. The average molecular weight is 247 g/mol. The van der Waals surface area contributed by atoms with Crippen LogP contribution < -0.4 is 0 Å². The summed E-state index contributed by atoms with van der Waals surface area (Å²) in [7, 11) is 0. The van der Waals surface area contributed by atoms with Gasteiger partial charge in [-0.05, 0) is 18.9 Å². The third-order valence-corrected chi connectivity index (χ3v) is 3.33. The van der Waals surface area contributed by atoms with Crippen molar-refractivity contribution in [2.45, 2.75) is 26.3 Å². The highest BCUT2D eigenvalue weighted by atomic mass is 16.4. The van der Waals surface area contributed by atoms with Crippen LogP contribution in [0.1, 0.15) is 24.0 Å². The van der Waals surface area contributed by atoms with Gasteiger partial charge in [0.25, 0.3) is 0 Å². The Balaban J connectivity index is 1.99. The van der Waals surface area contributed by atoms with E-state index in [9.17, 15) is 9.59 Å². The van der Waals surface area contributed by atoms with Crippen molar-refractivity contribution in [3.63, 3.8) is 0 Å². The van der Waals surface area contributed by atoms with E-state index >= 15 is 0 Å². The molecule has 1 saturated heterocycles. The Labute approximate surface area is 106 Å². The molecule has 96 valence electrons. The molecule has 0 radical (unpaired) electrons. The van der Waals surface area contributed by atoms with E-state index in [1.807, 2.05) is 25.1 Å². The second kappa shape index (κ2) is 5.21. The minimum Gasteiger partial charge on any atom is -0.481 e. The van der Waals surface area contributed by atoms with Gasteiger partial charge in [-0.3, -0.25) is 9.59 Å². The van der Waals surface area contributed by atoms with Crippen molar-refractivity contribution in [1.82, 2.24) is 4.90 Å². The highest BCUT2D eigenvalue weighted by Crippen LogP contribution is 2.20. The van der Waals surface area contributed by atoms with Crippen LogP contribution in [0.4, 0.5) is 0 Å². The summed E-state index contributed by atoms with van der Waals surface area (Å²) in [5.41, 5.74) is 2.26. The van der Waals surface area contributed by atoms with E-state index in [0.29, 0.717) is 19.5 Å². The Bertz CT molecular complexity index is 470. The Morgan fingerprint density at radius 1 is 1.50 bits per heavy atom. The fraction of sp³-hybridized carbons (Fsp3) is 0.429. The van der Waals surface area contributed by atoms with Gasteiger partial charge < -0.3 is 10.0 Å². The van der Waals surface area contributed by atoms with Crippen LogP contribution in [0, 0.1) is 12.8 Å². The molecule has 0 spiro atoms.